The lowest BCUT2D eigenvalue weighted by atomic mass is 10.1. The van der Waals surface area contributed by atoms with Crippen LogP contribution >= 0.6 is 0 Å². The Balaban J connectivity index is 2.96. The highest BCUT2D eigenvalue weighted by atomic mass is 32.2. The van der Waals surface area contributed by atoms with Gasteiger partial charge in [0.25, 0.3) is 10.1 Å². The number of aryl methyl sites for hydroxylation is 1. The van der Waals surface area contributed by atoms with Gasteiger partial charge in [0.05, 0.1) is 0 Å². The molecule has 4 nitrogen and oxygen atoms in total. The van der Waals surface area contributed by atoms with Gasteiger partial charge in [0.15, 0.2) is 0 Å². The normalized spacial score (nSPS) is 11.9. The molecular weight excluding hydrogens is 228 g/mol. The first kappa shape index (κ1) is 10.9. The van der Waals surface area contributed by atoms with E-state index in [0.717, 1.165) is 5.56 Å². The molecule has 84 valence electrons. The first-order valence-corrected chi connectivity index (χ1v) is 6.03. The van der Waals surface area contributed by atoms with Crippen molar-refractivity contribution in [3.63, 3.8) is 0 Å². The topological polar surface area (TPSA) is 74.6 Å². The predicted octanol–water partition coefficient (Wildman–Crippen LogP) is 2.10. The first-order valence-electron chi connectivity index (χ1n) is 4.59. The summed E-state index contributed by atoms with van der Waals surface area (Å²) in [5, 5.41) is 10.3. The summed E-state index contributed by atoms with van der Waals surface area (Å²) in [6.45, 7) is 1.74. The fraction of sp³-hybridized carbons (Fsp3) is 0.0909. The van der Waals surface area contributed by atoms with E-state index in [1.54, 1.807) is 19.1 Å². The monoisotopic (exact) mass is 238 g/mol. The van der Waals surface area contributed by atoms with Gasteiger partial charge in [-0.15, -0.1) is 0 Å². The van der Waals surface area contributed by atoms with Crippen molar-refractivity contribution in [1.29, 1.82) is 0 Å². The average molecular weight is 238 g/mol. The predicted molar refractivity (Wildman–Crippen MR) is 60.2 cm³/mol. The van der Waals surface area contributed by atoms with Gasteiger partial charge in [0, 0.05) is 5.39 Å². The summed E-state index contributed by atoms with van der Waals surface area (Å²) in [5.41, 5.74) is 0.728. The highest BCUT2D eigenvalue weighted by molar-refractivity contribution is 7.86. The largest absolute Gasteiger partial charge is 0.508 e. The van der Waals surface area contributed by atoms with Crippen molar-refractivity contribution >= 4 is 20.9 Å². The van der Waals surface area contributed by atoms with E-state index >= 15 is 0 Å². The summed E-state index contributed by atoms with van der Waals surface area (Å²) in [5.74, 6) is -0.0405. The smallest absolute Gasteiger partial charge is 0.295 e. The van der Waals surface area contributed by atoms with Gasteiger partial charge in [-0.05, 0) is 36.1 Å². The van der Waals surface area contributed by atoms with E-state index in [2.05, 4.69) is 0 Å². The Morgan fingerprint density at radius 1 is 1.12 bits per heavy atom. The molecule has 0 unspecified atom stereocenters. The summed E-state index contributed by atoms with van der Waals surface area (Å²) in [6.07, 6.45) is 0. The number of phenolic OH excluding ortho intramolecular Hbond substituents is 1. The number of benzene rings is 2. The zero-order chi connectivity index (χ0) is 11.9. The molecule has 0 aliphatic carbocycles. The van der Waals surface area contributed by atoms with Crippen molar-refractivity contribution < 1.29 is 18.1 Å². The van der Waals surface area contributed by atoms with Gasteiger partial charge in [-0.25, -0.2) is 0 Å². The van der Waals surface area contributed by atoms with Crippen molar-refractivity contribution in [2.24, 2.45) is 0 Å². The first-order chi connectivity index (χ1) is 7.38. The van der Waals surface area contributed by atoms with Crippen LogP contribution in [0.2, 0.25) is 0 Å². The molecule has 16 heavy (non-hydrogen) atoms. The maximum Gasteiger partial charge on any atom is 0.295 e. The Morgan fingerprint density at radius 3 is 2.44 bits per heavy atom. The maximum atomic E-state index is 11.2. The lowest BCUT2D eigenvalue weighted by molar-refractivity contribution is 0.476. The lowest BCUT2D eigenvalue weighted by Gasteiger charge is -2.06. The van der Waals surface area contributed by atoms with Gasteiger partial charge >= 0.3 is 0 Å². The van der Waals surface area contributed by atoms with E-state index in [1.165, 1.54) is 18.2 Å². The Labute approximate surface area is 92.9 Å². The molecule has 0 aliphatic heterocycles. The van der Waals surface area contributed by atoms with Crippen molar-refractivity contribution in [3.05, 3.63) is 35.9 Å². The van der Waals surface area contributed by atoms with Crippen LogP contribution in [0.1, 0.15) is 5.56 Å². The molecule has 0 saturated carbocycles. The number of fused-ring (bicyclic) bond motifs is 1. The van der Waals surface area contributed by atoms with E-state index < -0.39 is 10.1 Å². The van der Waals surface area contributed by atoms with Crippen LogP contribution < -0.4 is 0 Å². The molecule has 2 aromatic rings. The lowest BCUT2D eigenvalue weighted by Crippen LogP contribution is -1.99. The van der Waals surface area contributed by atoms with E-state index in [1.807, 2.05) is 0 Å². The molecule has 0 radical (unpaired) electrons. The van der Waals surface area contributed by atoms with Crippen molar-refractivity contribution in [3.8, 4) is 5.75 Å². The van der Waals surface area contributed by atoms with Crippen molar-refractivity contribution in [2.75, 3.05) is 0 Å². The van der Waals surface area contributed by atoms with E-state index in [0.29, 0.717) is 10.8 Å². The summed E-state index contributed by atoms with van der Waals surface area (Å²) in [4.78, 5) is -0.182. The third-order valence-corrected chi connectivity index (χ3v) is 3.22. The molecule has 0 bridgehead atoms. The molecule has 0 spiro atoms. The van der Waals surface area contributed by atoms with Crippen LogP contribution in [-0.4, -0.2) is 18.1 Å². The van der Waals surface area contributed by atoms with Crippen LogP contribution in [0.3, 0.4) is 0 Å². The molecule has 0 atom stereocenters. The van der Waals surface area contributed by atoms with Gasteiger partial charge in [-0.3, -0.25) is 4.55 Å². The molecule has 5 heteroatoms. The van der Waals surface area contributed by atoms with Crippen LogP contribution in [0.15, 0.2) is 35.2 Å². The van der Waals surface area contributed by atoms with Crippen LogP contribution in [0.4, 0.5) is 0 Å². The second-order valence-corrected chi connectivity index (χ2v) is 5.03. The molecule has 2 N–H and O–H groups in total. The number of rotatable bonds is 1. The molecule has 0 amide bonds. The highest BCUT2D eigenvalue weighted by Gasteiger charge is 2.14. The molecule has 0 heterocycles. The second-order valence-electron chi connectivity index (χ2n) is 3.64. The van der Waals surface area contributed by atoms with Crippen LogP contribution in [0, 0.1) is 6.92 Å². The van der Waals surface area contributed by atoms with Crippen LogP contribution in [-0.2, 0) is 10.1 Å². The number of hydrogen-bond acceptors (Lipinski definition) is 3. The Kier molecular flexibility index (Phi) is 2.36. The molecule has 0 fully saturated rings. The summed E-state index contributed by atoms with van der Waals surface area (Å²) in [7, 11) is -4.28. The van der Waals surface area contributed by atoms with E-state index in [4.69, 9.17) is 4.55 Å². The number of phenols is 1. The Hall–Kier alpha value is -1.59. The van der Waals surface area contributed by atoms with E-state index in [-0.39, 0.29) is 10.6 Å². The molecule has 0 saturated heterocycles. The molecular formula is C11H10O4S. The highest BCUT2D eigenvalue weighted by Crippen LogP contribution is 2.27. The van der Waals surface area contributed by atoms with Gasteiger partial charge in [-0.2, -0.15) is 8.42 Å². The minimum absolute atomic E-state index is 0.0405. The minimum Gasteiger partial charge on any atom is -0.508 e. The number of aromatic hydroxyl groups is 1. The quantitative estimate of drug-likeness (QED) is 0.746. The van der Waals surface area contributed by atoms with Crippen LogP contribution in [0.25, 0.3) is 10.8 Å². The fourth-order valence-electron chi connectivity index (χ4n) is 1.67. The fourth-order valence-corrected chi connectivity index (χ4v) is 2.46. The van der Waals surface area contributed by atoms with Gasteiger partial charge in [-0.1, -0.05) is 12.1 Å². The third kappa shape index (κ3) is 1.87. The van der Waals surface area contributed by atoms with Gasteiger partial charge in [0.1, 0.15) is 10.6 Å². The standard InChI is InChI=1S/C11H10O4S/c1-7-4-8-2-3-9(12)6-10(8)11(5-7)16(13,14)15/h2-6,12H,1H3,(H,13,14,15). The average Bonchev–Trinajstić information content (AvgIpc) is 2.16. The van der Waals surface area contributed by atoms with Gasteiger partial charge in [0.2, 0.25) is 0 Å². The molecule has 2 aromatic carbocycles. The maximum absolute atomic E-state index is 11.2. The summed E-state index contributed by atoms with van der Waals surface area (Å²) >= 11 is 0. The zero-order valence-electron chi connectivity index (χ0n) is 8.51. The minimum atomic E-state index is -4.28. The Bertz CT molecular complexity index is 659. The second kappa shape index (κ2) is 3.47. The SMILES string of the molecule is Cc1cc(S(=O)(=O)O)c2cc(O)ccc2c1. The van der Waals surface area contributed by atoms with Crippen LogP contribution in [0.5, 0.6) is 5.75 Å². The number of hydrogen-bond donors (Lipinski definition) is 2. The zero-order valence-corrected chi connectivity index (χ0v) is 9.32. The van der Waals surface area contributed by atoms with E-state index in [9.17, 15) is 13.5 Å². The molecule has 0 aliphatic rings. The summed E-state index contributed by atoms with van der Waals surface area (Å²) < 4.78 is 31.5. The van der Waals surface area contributed by atoms with Crippen molar-refractivity contribution in [2.45, 2.75) is 11.8 Å². The third-order valence-electron chi connectivity index (χ3n) is 2.32. The molecule has 0 aromatic heterocycles. The Morgan fingerprint density at radius 2 is 1.81 bits per heavy atom. The molecule has 2 rings (SSSR count). The van der Waals surface area contributed by atoms with Crippen molar-refractivity contribution in [1.82, 2.24) is 0 Å². The van der Waals surface area contributed by atoms with Gasteiger partial charge < -0.3 is 5.11 Å². The summed E-state index contributed by atoms with van der Waals surface area (Å²) in [6, 6.07) is 7.54.